The Morgan fingerprint density at radius 3 is 2.48 bits per heavy atom. The molecule has 0 unspecified atom stereocenters. The van der Waals surface area contributed by atoms with E-state index in [0.29, 0.717) is 19.6 Å². The monoisotopic (exact) mass is 445 g/mol. The molecule has 0 fully saturated rings. The molecule has 0 atom stereocenters. The highest BCUT2D eigenvalue weighted by Crippen LogP contribution is 2.15. The van der Waals surface area contributed by atoms with Crippen LogP contribution in [0.3, 0.4) is 0 Å². The van der Waals surface area contributed by atoms with Crippen LogP contribution in [0.25, 0.3) is 6.08 Å². The molecule has 0 saturated heterocycles. The second-order valence-electron chi connectivity index (χ2n) is 8.82. The number of terminal acetylenes is 1. The summed E-state index contributed by atoms with van der Waals surface area (Å²) in [5, 5.41) is 5.64. The Morgan fingerprint density at radius 1 is 1.12 bits per heavy atom. The molecule has 2 amide bonds. The van der Waals surface area contributed by atoms with Crippen molar-refractivity contribution in [3.8, 4) is 12.3 Å². The van der Waals surface area contributed by atoms with E-state index in [-0.39, 0.29) is 18.2 Å². The van der Waals surface area contributed by atoms with Crippen molar-refractivity contribution < 1.29 is 9.59 Å². The van der Waals surface area contributed by atoms with Crippen LogP contribution in [-0.4, -0.2) is 48.9 Å². The highest BCUT2D eigenvalue weighted by Gasteiger charge is 2.28. The Bertz CT molecular complexity index is 1000. The number of amides is 2. The topological polar surface area (TPSA) is 61.4 Å². The van der Waals surface area contributed by atoms with Gasteiger partial charge in [0, 0.05) is 19.5 Å². The van der Waals surface area contributed by atoms with Gasteiger partial charge in [-0.3, -0.25) is 14.5 Å². The molecule has 0 aliphatic carbocycles. The predicted octanol–water partition coefficient (Wildman–Crippen LogP) is 3.57. The lowest BCUT2D eigenvalue weighted by molar-refractivity contribution is -0.132. The zero-order chi connectivity index (χ0) is 24.3. The average Bonchev–Trinajstić information content (AvgIpc) is 2.76. The maximum atomic E-state index is 12.4. The first kappa shape index (κ1) is 25.9. The third kappa shape index (κ3) is 8.96. The fourth-order valence-electron chi connectivity index (χ4n) is 3.35. The summed E-state index contributed by atoms with van der Waals surface area (Å²) in [5.74, 6) is 2.13. The van der Waals surface area contributed by atoms with Gasteiger partial charge in [0.2, 0.25) is 11.8 Å². The Hall–Kier alpha value is -3.36. The summed E-state index contributed by atoms with van der Waals surface area (Å²) in [6.07, 6.45) is 10.1. The summed E-state index contributed by atoms with van der Waals surface area (Å²) in [4.78, 5) is 26.7. The van der Waals surface area contributed by atoms with Crippen molar-refractivity contribution >= 4 is 17.9 Å². The van der Waals surface area contributed by atoms with Crippen molar-refractivity contribution in [3.05, 3.63) is 76.9 Å². The first-order chi connectivity index (χ1) is 15.7. The number of hydrogen-bond acceptors (Lipinski definition) is 3. The third-order valence-electron chi connectivity index (χ3n) is 5.41. The Balaban J connectivity index is 1.79. The Labute approximate surface area is 198 Å². The zero-order valence-electron chi connectivity index (χ0n) is 20.2. The SMILES string of the molecule is C#CCN(C)CCNC(=O)C(C)(C)NC(=O)C/C=C/c1ccc(Cc2ccccc2C)cc1. The second kappa shape index (κ2) is 12.6. The molecule has 2 aromatic carbocycles. The van der Waals surface area contributed by atoms with Crippen molar-refractivity contribution in [2.45, 2.75) is 39.2 Å². The molecule has 0 spiro atoms. The number of rotatable bonds is 11. The van der Waals surface area contributed by atoms with Crippen LogP contribution in [0.4, 0.5) is 0 Å². The third-order valence-corrected chi connectivity index (χ3v) is 5.41. The minimum atomic E-state index is -0.993. The van der Waals surface area contributed by atoms with Gasteiger partial charge in [-0.1, -0.05) is 66.6 Å². The summed E-state index contributed by atoms with van der Waals surface area (Å²) in [6, 6.07) is 16.7. The van der Waals surface area contributed by atoms with E-state index in [2.05, 4.69) is 72.0 Å². The fourth-order valence-corrected chi connectivity index (χ4v) is 3.35. The van der Waals surface area contributed by atoms with Gasteiger partial charge in [0.15, 0.2) is 0 Å². The van der Waals surface area contributed by atoms with Crippen molar-refractivity contribution in [2.24, 2.45) is 0 Å². The zero-order valence-corrected chi connectivity index (χ0v) is 20.2. The van der Waals surface area contributed by atoms with E-state index >= 15 is 0 Å². The van der Waals surface area contributed by atoms with Crippen LogP contribution in [0.15, 0.2) is 54.6 Å². The first-order valence-electron chi connectivity index (χ1n) is 11.2. The van der Waals surface area contributed by atoms with Gasteiger partial charge in [-0.15, -0.1) is 6.42 Å². The van der Waals surface area contributed by atoms with E-state index in [1.54, 1.807) is 13.8 Å². The smallest absolute Gasteiger partial charge is 0.245 e. The van der Waals surface area contributed by atoms with Gasteiger partial charge in [0.1, 0.15) is 5.54 Å². The van der Waals surface area contributed by atoms with Gasteiger partial charge in [0.05, 0.1) is 6.54 Å². The summed E-state index contributed by atoms with van der Waals surface area (Å²) in [6.45, 7) is 7.16. The number of nitrogens with one attached hydrogen (secondary N) is 2. The molecule has 0 bridgehead atoms. The molecule has 0 aromatic heterocycles. The standard InChI is InChI=1S/C28H35N3O2/c1-6-19-31(5)20-18-29-27(33)28(3,4)30-26(32)13-9-11-23-14-16-24(17-15-23)21-25-12-8-7-10-22(25)2/h1,7-12,14-17H,13,18-21H2,2-5H3,(H,29,33)(H,30,32)/b11-9+. The minimum absolute atomic E-state index is 0.201. The van der Waals surface area contributed by atoms with Crippen LogP contribution in [0, 0.1) is 19.3 Å². The van der Waals surface area contributed by atoms with Crippen molar-refractivity contribution in [1.29, 1.82) is 0 Å². The number of carbonyl (C=O) groups is 2. The quantitative estimate of drug-likeness (QED) is 0.520. The van der Waals surface area contributed by atoms with Gasteiger partial charge >= 0.3 is 0 Å². The summed E-state index contributed by atoms with van der Waals surface area (Å²) >= 11 is 0. The first-order valence-corrected chi connectivity index (χ1v) is 11.2. The molecule has 0 saturated carbocycles. The maximum absolute atomic E-state index is 12.4. The number of carbonyl (C=O) groups excluding carboxylic acids is 2. The van der Waals surface area contributed by atoms with Crippen molar-refractivity contribution in [2.75, 3.05) is 26.7 Å². The molecule has 0 heterocycles. The highest BCUT2D eigenvalue weighted by molar-refractivity contribution is 5.91. The van der Waals surface area contributed by atoms with Crippen LogP contribution in [-0.2, 0) is 16.0 Å². The lowest BCUT2D eigenvalue weighted by Crippen LogP contribution is -2.55. The van der Waals surface area contributed by atoms with E-state index in [1.165, 1.54) is 16.7 Å². The number of hydrogen-bond donors (Lipinski definition) is 2. The van der Waals surface area contributed by atoms with E-state index in [1.807, 2.05) is 24.1 Å². The molecule has 5 nitrogen and oxygen atoms in total. The molecule has 0 aliphatic rings. The summed E-state index contributed by atoms with van der Waals surface area (Å²) in [5.41, 5.74) is 3.90. The lowest BCUT2D eigenvalue weighted by atomic mass is 10.00. The molecular weight excluding hydrogens is 410 g/mol. The second-order valence-corrected chi connectivity index (χ2v) is 8.82. The number of aryl methyl sites for hydroxylation is 1. The number of benzene rings is 2. The number of likely N-dealkylation sites (N-methyl/N-ethyl adjacent to an activating group) is 1. The van der Waals surface area contributed by atoms with Crippen LogP contribution < -0.4 is 10.6 Å². The number of nitrogens with zero attached hydrogens (tertiary/aromatic N) is 1. The molecule has 33 heavy (non-hydrogen) atoms. The van der Waals surface area contributed by atoms with Crippen LogP contribution in [0.2, 0.25) is 0 Å². The van der Waals surface area contributed by atoms with E-state index in [9.17, 15) is 9.59 Å². The van der Waals surface area contributed by atoms with Gasteiger partial charge in [-0.2, -0.15) is 0 Å². The molecule has 0 radical (unpaired) electrons. The summed E-state index contributed by atoms with van der Waals surface area (Å²) in [7, 11) is 1.89. The molecule has 5 heteroatoms. The Kier molecular flexibility index (Phi) is 9.90. The maximum Gasteiger partial charge on any atom is 0.245 e. The minimum Gasteiger partial charge on any atom is -0.353 e. The van der Waals surface area contributed by atoms with Gasteiger partial charge in [0.25, 0.3) is 0 Å². The van der Waals surface area contributed by atoms with Crippen molar-refractivity contribution in [3.63, 3.8) is 0 Å². The molecule has 174 valence electrons. The highest BCUT2D eigenvalue weighted by atomic mass is 16.2. The van der Waals surface area contributed by atoms with Crippen LogP contribution in [0.1, 0.15) is 42.5 Å². The molecule has 2 rings (SSSR count). The van der Waals surface area contributed by atoms with Crippen molar-refractivity contribution in [1.82, 2.24) is 15.5 Å². The molecular formula is C28H35N3O2. The van der Waals surface area contributed by atoms with Gasteiger partial charge in [-0.05, 0) is 56.5 Å². The average molecular weight is 446 g/mol. The molecule has 0 aliphatic heterocycles. The summed E-state index contributed by atoms with van der Waals surface area (Å²) < 4.78 is 0. The molecule has 2 N–H and O–H groups in total. The van der Waals surface area contributed by atoms with Gasteiger partial charge < -0.3 is 10.6 Å². The normalized spacial score (nSPS) is 11.4. The largest absolute Gasteiger partial charge is 0.353 e. The van der Waals surface area contributed by atoms with Crippen LogP contribution >= 0.6 is 0 Å². The van der Waals surface area contributed by atoms with Gasteiger partial charge in [-0.25, -0.2) is 0 Å². The molecule has 2 aromatic rings. The van der Waals surface area contributed by atoms with E-state index in [4.69, 9.17) is 6.42 Å². The lowest BCUT2D eigenvalue weighted by Gasteiger charge is -2.25. The van der Waals surface area contributed by atoms with Crippen LogP contribution in [0.5, 0.6) is 0 Å². The van der Waals surface area contributed by atoms with E-state index < -0.39 is 5.54 Å². The predicted molar refractivity (Wildman–Crippen MR) is 136 cm³/mol. The van der Waals surface area contributed by atoms with E-state index in [0.717, 1.165) is 12.0 Å². The Morgan fingerprint density at radius 2 is 1.82 bits per heavy atom. The fraction of sp³-hybridized carbons (Fsp3) is 0.357.